The predicted octanol–water partition coefficient (Wildman–Crippen LogP) is 3.85. The highest BCUT2D eigenvalue weighted by Gasteiger charge is 2.05. The van der Waals surface area contributed by atoms with Gasteiger partial charge in [0, 0.05) is 18.0 Å². The van der Waals surface area contributed by atoms with E-state index in [9.17, 15) is 9.18 Å². The summed E-state index contributed by atoms with van der Waals surface area (Å²) in [7, 11) is 0. The van der Waals surface area contributed by atoms with Crippen molar-refractivity contribution in [3.05, 3.63) is 70.5 Å². The lowest BCUT2D eigenvalue weighted by atomic mass is 10.1. The molecule has 0 aromatic heterocycles. The Morgan fingerprint density at radius 2 is 1.90 bits per heavy atom. The van der Waals surface area contributed by atoms with Gasteiger partial charge < -0.3 is 5.32 Å². The molecule has 0 heterocycles. The first kappa shape index (κ1) is 15.5. The minimum Gasteiger partial charge on any atom is -0.352 e. The van der Waals surface area contributed by atoms with E-state index in [0.717, 1.165) is 16.7 Å². The number of hydrogen-bond donors (Lipinski definition) is 1. The molecule has 0 aliphatic carbocycles. The molecule has 0 radical (unpaired) electrons. The second kappa shape index (κ2) is 7.23. The quantitative estimate of drug-likeness (QED) is 0.835. The van der Waals surface area contributed by atoms with Gasteiger partial charge in [-0.2, -0.15) is 0 Å². The van der Waals surface area contributed by atoms with Gasteiger partial charge in [0.05, 0.1) is 0 Å². The first-order valence-corrected chi connectivity index (χ1v) is 7.31. The first-order chi connectivity index (χ1) is 10.1. The van der Waals surface area contributed by atoms with Crippen LogP contribution in [0.2, 0.25) is 0 Å². The van der Waals surface area contributed by atoms with Crippen LogP contribution in [0.25, 0.3) is 0 Å². The van der Waals surface area contributed by atoms with E-state index >= 15 is 0 Å². The van der Waals surface area contributed by atoms with Crippen LogP contribution in [0, 0.1) is 12.7 Å². The number of carbonyl (C=O) groups is 1. The average Bonchev–Trinajstić information content (AvgIpc) is 2.49. The minimum absolute atomic E-state index is 0.115. The van der Waals surface area contributed by atoms with Gasteiger partial charge in [0.15, 0.2) is 0 Å². The van der Waals surface area contributed by atoms with E-state index in [4.69, 9.17) is 11.6 Å². The zero-order valence-corrected chi connectivity index (χ0v) is 12.6. The molecule has 4 heteroatoms. The Hall–Kier alpha value is -1.87. The van der Waals surface area contributed by atoms with Gasteiger partial charge in [-0.3, -0.25) is 4.79 Å². The van der Waals surface area contributed by atoms with E-state index in [1.807, 2.05) is 19.1 Å². The lowest BCUT2D eigenvalue weighted by Crippen LogP contribution is -2.25. The van der Waals surface area contributed by atoms with Crippen molar-refractivity contribution in [2.75, 3.05) is 6.54 Å². The van der Waals surface area contributed by atoms with Crippen LogP contribution in [0.3, 0.4) is 0 Å². The molecule has 2 aromatic rings. The number of alkyl halides is 1. The van der Waals surface area contributed by atoms with Crippen molar-refractivity contribution < 1.29 is 9.18 Å². The molecule has 21 heavy (non-hydrogen) atoms. The maximum absolute atomic E-state index is 13.0. The maximum atomic E-state index is 13.0. The van der Waals surface area contributed by atoms with Gasteiger partial charge in [-0.1, -0.05) is 18.2 Å². The number of amides is 1. The number of hydrogen-bond acceptors (Lipinski definition) is 1. The van der Waals surface area contributed by atoms with Crippen molar-refractivity contribution in [3.8, 4) is 0 Å². The van der Waals surface area contributed by atoms with Crippen LogP contribution in [0.1, 0.15) is 27.0 Å². The first-order valence-electron chi connectivity index (χ1n) is 6.78. The fourth-order valence-corrected chi connectivity index (χ4v) is 2.28. The molecule has 0 atom stereocenters. The highest BCUT2D eigenvalue weighted by atomic mass is 35.5. The van der Waals surface area contributed by atoms with E-state index in [1.165, 1.54) is 12.1 Å². The minimum atomic E-state index is -0.236. The number of carbonyl (C=O) groups excluding carboxylic acids is 1. The van der Waals surface area contributed by atoms with E-state index in [1.54, 1.807) is 18.2 Å². The SMILES string of the molecule is Cc1cc(F)ccc1CCNC(=O)c1ccc(CCl)cc1. The normalized spacial score (nSPS) is 10.4. The van der Waals surface area contributed by atoms with Gasteiger partial charge in [0.25, 0.3) is 5.91 Å². The highest BCUT2D eigenvalue weighted by molar-refractivity contribution is 6.17. The van der Waals surface area contributed by atoms with Gasteiger partial charge in [-0.15, -0.1) is 11.6 Å². The molecule has 0 aliphatic rings. The van der Waals surface area contributed by atoms with Crippen molar-refractivity contribution in [2.45, 2.75) is 19.2 Å². The molecule has 0 fully saturated rings. The smallest absolute Gasteiger partial charge is 0.251 e. The summed E-state index contributed by atoms with van der Waals surface area (Å²) < 4.78 is 13.0. The topological polar surface area (TPSA) is 29.1 Å². The van der Waals surface area contributed by atoms with Gasteiger partial charge in [0.1, 0.15) is 5.82 Å². The number of aryl methyl sites for hydroxylation is 1. The van der Waals surface area contributed by atoms with Crippen molar-refractivity contribution in [2.24, 2.45) is 0 Å². The number of halogens is 2. The van der Waals surface area contributed by atoms with Gasteiger partial charge >= 0.3 is 0 Å². The summed E-state index contributed by atoms with van der Waals surface area (Å²) in [5.74, 6) is 0.0849. The summed E-state index contributed by atoms with van der Waals surface area (Å²) in [5.41, 5.74) is 3.53. The van der Waals surface area contributed by atoms with Crippen LogP contribution >= 0.6 is 11.6 Å². The molecule has 0 spiro atoms. The molecule has 2 rings (SSSR count). The summed E-state index contributed by atoms with van der Waals surface area (Å²) in [5, 5.41) is 2.86. The third-order valence-electron chi connectivity index (χ3n) is 3.35. The molecular weight excluding hydrogens is 289 g/mol. The van der Waals surface area contributed by atoms with Crippen molar-refractivity contribution >= 4 is 17.5 Å². The van der Waals surface area contributed by atoms with Gasteiger partial charge in [0.2, 0.25) is 0 Å². The third kappa shape index (κ3) is 4.30. The molecule has 0 saturated carbocycles. The second-order valence-electron chi connectivity index (χ2n) is 4.91. The monoisotopic (exact) mass is 305 g/mol. The Kier molecular flexibility index (Phi) is 5.34. The van der Waals surface area contributed by atoms with E-state index in [2.05, 4.69) is 5.32 Å². The van der Waals surface area contributed by atoms with Crippen LogP contribution in [0.4, 0.5) is 4.39 Å². The van der Waals surface area contributed by atoms with E-state index < -0.39 is 0 Å². The molecule has 0 unspecified atom stereocenters. The molecule has 2 aromatic carbocycles. The Morgan fingerprint density at radius 1 is 1.19 bits per heavy atom. The molecule has 0 aliphatic heterocycles. The third-order valence-corrected chi connectivity index (χ3v) is 3.66. The fourth-order valence-electron chi connectivity index (χ4n) is 2.10. The average molecular weight is 306 g/mol. The molecule has 1 amide bonds. The predicted molar refractivity (Wildman–Crippen MR) is 83.2 cm³/mol. The Bertz CT molecular complexity index is 625. The second-order valence-corrected chi connectivity index (χ2v) is 5.17. The largest absolute Gasteiger partial charge is 0.352 e. The van der Waals surface area contributed by atoms with Crippen molar-refractivity contribution in [1.29, 1.82) is 0 Å². The van der Waals surface area contributed by atoms with Crippen molar-refractivity contribution in [3.63, 3.8) is 0 Å². The summed E-state index contributed by atoms with van der Waals surface area (Å²) in [4.78, 5) is 12.0. The number of nitrogens with one attached hydrogen (secondary N) is 1. The van der Waals surface area contributed by atoms with E-state index in [-0.39, 0.29) is 11.7 Å². The van der Waals surface area contributed by atoms with Crippen LogP contribution in [0.5, 0.6) is 0 Å². The zero-order chi connectivity index (χ0) is 15.2. The lowest BCUT2D eigenvalue weighted by Gasteiger charge is -2.08. The Balaban J connectivity index is 1.88. The Morgan fingerprint density at radius 3 is 2.52 bits per heavy atom. The van der Waals surface area contributed by atoms with E-state index in [0.29, 0.717) is 24.4 Å². The molecule has 0 saturated heterocycles. The summed E-state index contributed by atoms with van der Waals surface area (Å²) in [6, 6.07) is 11.9. The van der Waals surface area contributed by atoms with Crippen LogP contribution in [0.15, 0.2) is 42.5 Å². The summed E-state index contributed by atoms with van der Waals surface area (Å²) >= 11 is 5.71. The summed E-state index contributed by atoms with van der Waals surface area (Å²) in [6.45, 7) is 2.38. The van der Waals surface area contributed by atoms with Gasteiger partial charge in [-0.05, 0) is 54.3 Å². The van der Waals surface area contributed by atoms with Crippen LogP contribution in [-0.4, -0.2) is 12.5 Å². The fraction of sp³-hybridized carbons (Fsp3) is 0.235. The molecule has 110 valence electrons. The van der Waals surface area contributed by atoms with Crippen molar-refractivity contribution in [1.82, 2.24) is 5.32 Å². The zero-order valence-electron chi connectivity index (χ0n) is 11.8. The highest BCUT2D eigenvalue weighted by Crippen LogP contribution is 2.11. The summed E-state index contributed by atoms with van der Waals surface area (Å²) in [6.07, 6.45) is 0.678. The lowest BCUT2D eigenvalue weighted by molar-refractivity contribution is 0.0954. The molecule has 1 N–H and O–H groups in total. The maximum Gasteiger partial charge on any atom is 0.251 e. The molecule has 0 bridgehead atoms. The number of benzene rings is 2. The standard InChI is InChI=1S/C17H17ClFNO/c1-12-10-16(19)7-6-14(12)8-9-20-17(21)15-4-2-13(11-18)3-5-15/h2-7,10H,8-9,11H2,1H3,(H,20,21). The van der Waals surface area contributed by atoms with Crippen LogP contribution in [-0.2, 0) is 12.3 Å². The van der Waals surface area contributed by atoms with Gasteiger partial charge in [-0.25, -0.2) is 4.39 Å². The number of rotatable bonds is 5. The molecule has 2 nitrogen and oxygen atoms in total. The Labute approximate surface area is 128 Å². The molecular formula is C17H17ClFNO. The van der Waals surface area contributed by atoms with Crippen LogP contribution < -0.4 is 5.32 Å².